The average Bonchev–Trinajstić information content (AvgIpc) is 1.35. The molecule has 0 aromatic carbocycles. The lowest BCUT2D eigenvalue weighted by Crippen LogP contribution is -2.15. The smallest absolute Gasteiger partial charge is 0.218 e. The number of hydrogen-bond acceptors (Lipinski definition) is 2. The number of carbonyl (C=O) groups is 1. The number of nitrogens with two attached hydrogens (primary N) is 2. The largest absolute Gasteiger partial charge is 0.370 e. The highest BCUT2D eigenvalue weighted by Gasteiger charge is 1.84. The fraction of sp³-hybridized carbons (Fsp3) is 0.750. The fourth-order valence-electron chi connectivity index (χ4n) is 0.142. The molecule has 0 rings (SSSR count). The van der Waals surface area contributed by atoms with Gasteiger partial charge in [0.2, 0.25) is 5.91 Å². The zero-order valence-electron chi connectivity index (χ0n) is 3.48. The molecular formula is C4H12N2O. The van der Waals surface area contributed by atoms with Crippen LogP contribution >= 0.6 is 0 Å². The lowest BCUT2D eigenvalue weighted by molar-refractivity contribution is -0.117. The molecule has 0 aliphatic carbocycles. The summed E-state index contributed by atoms with van der Waals surface area (Å²) in [5, 5.41) is 0. The Hall–Kier alpha value is -0.570. The van der Waals surface area contributed by atoms with Crippen LogP contribution in [0.1, 0.15) is 13.8 Å². The maximum absolute atomic E-state index is 9.74. The quantitative estimate of drug-likeness (QED) is 0.494. The fourth-order valence-corrected chi connectivity index (χ4v) is 0.142. The van der Waals surface area contributed by atoms with E-state index in [0.717, 1.165) is 0 Å². The molecular weight excluding hydrogens is 92.1 g/mol. The van der Waals surface area contributed by atoms with Crippen molar-refractivity contribution >= 4 is 5.91 Å². The van der Waals surface area contributed by atoms with Crippen LogP contribution in [-0.4, -0.2) is 12.5 Å². The van der Waals surface area contributed by atoms with Crippen molar-refractivity contribution < 1.29 is 4.79 Å². The molecule has 44 valence electrons. The second-order valence-corrected chi connectivity index (χ2v) is 1.00. The Labute approximate surface area is 43.7 Å². The van der Waals surface area contributed by atoms with E-state index in [0.29, 0.717) is 13.0 Å². The molecule has 0 bridgehead atoms. The van der Waals surface area contributed by atoms with Gasteiger partial charge in [0.25, 0.3) is 0 Å². The van der Waals surface area contributed by atoms with Crippen molar-refractivity contribution in [3.63, 3.8) is 0 Å². The third-order valence-corrected chi connectivity index (χ3v) is 0.391. The van der Waals surface area contributed by atoms with Gasteiger partial charge in [0.15, 0.2) is 0 Å². The molecule has 0 radical (unpaired) electrons. The summed E-state index contributed by atoms with van der Waals surface area (Å²) in [4.78, 5) is 9.74. The van der Waals surface area contributed by atoms with Gasteiger partial charge in [-0.2, -0.15) is 0 Å². The number of amides is 1. The second kappa shape index (κ2) is 5.43. The number of carbonyl (C=O) groups excluding carboxylic acids is 1. The summed E-state index contributed by atoms with van der Waals surface area (Å²) in [6.45, 7) is 0.356. The lowest BCUT2D eigenvalue weighted by Gasteiger charge is -1.82. The SMILES string of the molecule is C.NCCC(N)=O. The Morgan fingerprint density at radius 3 is 2.00 bits per heavy atom. The maximum Gasteiger partial charge on any atom is 0.218 e. The third-order valence-electron chi connectivity index (χ3n) is 0.391. The first kappa shape index (κ1) is 9.66. The predicted molar refractivity (Wildman–Crippen MR) is 29.6 cm³/mol. The van der Waals surface area contributed by atoms with Crippen LogP contribution in [0.15, 0.2) is 0 Å². The topological polar surface area (TPSA) is 69.1 Å². The van der Waals surface area contributed by atoms with E-state index in [-0.39, 0.29) is 13.3 Å². The van der Waals surface area contributed by atoms with Crippen molar-refractivity contribution in [1.29, 1.82) is 0 Å². The minimum Gasteiger partial charge on any atom is -0.370 e. The van der Waals surface area contributed by atoms with Gasteiger partial charge in [0.1, 0.15) is 0 Å². The Morgan fingerprint density at radius 2 is 2.00 bits per heavy atom. The van der Waals surface area contributed by atoms with E-state index < -0.39 is 0 Å². The minimum atomic E-state index is -0.336. The van der Waals surface area contributed by atoms with Crippen LogP contribution < -0.4 is 11.5 Å². The molecule has 0 fully saturated rings. The van der Waals surface area contributed by atoms with Crippen LogP contribution in [0.5, 0.6) is 0 Å². The zero-order chi connectivity index (χ0) is 4.99. The molecule has 0 aromatic heterocycles. The van der Waals surface area contributed by atoms with Crippen LogP contribution in [0.2, 0.25) is 0 Å². The van der Waals surface area contributed by atoms with Crippen LogP contribution in [0.3, 0.4) is 0 Å². The van der Waals surface area contributed by atoms with Crippen LogP contribution in [0.25, 0.3) is 0 Å². The molecule has 0 aliphatic rings. The molecule has 7 heavy (non-hydrogen) atoms. The van der Waals surface area contributed by atoms with Crippen LogP contribution in [0.4, 0.5) is 0 Å². The maximum atomic E-state index is 9.74. The lowest BCUT2D eigenvalue weighted by atomic mass is 10.4. The van der Waals surface area contributed by atoms with Crippen molar-refractivity contribution in [1.82, 2.24) is 0 Å². The molecule has 0 saturated carbocycles. The number of primary amides is 1. The molecule has 1 amide bonds. The Morgan fingerprint density at radius 1 is 1.57 bits per heavy atom. The Balaban J connectivity index is 0. The zero-order valence-corrected chi connectivity index (χ0v) is 3.48. The molecule has 0 aliphatic heterocycles. The van der Waals surface area contributed by atoms with E-state index in [9.17, 15) is 4.79 Å². The molecule has 4 N–H and O–H groups in total. The van der Waals surface area contributed by atoms with Gasteiger partial charge in [-0.3, -0.25) is 4.79 Å². The summed E-state index contributed by atoms with van der Waals surface area (Å²) in [6.07, 6.45) is 0.292. The van der Waals surface area contributed by atoms with Crippen molar-refractivity contribution in [3.8, 4) is 0 Å². The number of hydrogen-bond donors (Lipinski definition) is 2. The third kappa shape index (κ3) is 10.8. The average molecular weight is 104 g/mol. The van der Waals surface area contributed by atoms with Crippen molar-refractivity contribution in [2.75, 3.05) is 6.54 Å². The second-order valence-electron chi connectivity index (χ2n) is 1.00. The van der Waals surface area contributed by atoms with E-state index >= 15 is 0 Å². The highest BCUT2D eigenvalue weighted by atomic mass is 16.1. The van der Waals surface area contributed by atoms with Gasteiger partial charge < -0.3 is 11.5 Å². The summed E-state index contributed by atoms with van der Waals surface area (Å²) >= 11 is 0. The normalized spacial score (nSPS) is 7.00. The monoisotopic (exact) mass is 104 g/mol. The summed E-state index contributed by atoms with van der Waals surface area (Å²) in [6, 6.07) is 0. The summed E-state index contributed by atoms with van der Waals surface area (Å²) < 4.78 is 0. The molecule has 3 heteroatoms. The van der Waals surface area contributed by atoms with E-state index in [1.54, 1.807) is 0 Å². The van der Waals surface area contributed by atoms with Crippen molar-refractivity contribution in [2.24, 2.45) is 11.5 Å². The van der Waals surface area contributed by atoms with Gasteiger partial charge in [0.05, 0.1) is 0 Å². The molecule has 0 unspecified atom stereocenters. The standard InChI is InChI=1S/C3H8N2O.CH4/c4-2-1-3(5)6;/h1-2,4H2,(H2,5,6);1H4. The van der Waals surface area contributed by atoms with Gasteiger partial charge >= 0.3 is 0 Å². The highest BCUT2D eigenvalue weighted by molar-refractivity contribution is 5.73. The van der Waals surface area contributed by atoms with E-state index in [1.807, 2.05) is 0 Å². The number of rotatable bonds is 2. The van der Waals surface area contributed by atoms with Crippen molar-refractivity contribution in [3.05, 3.63) is 0 Å². The van der Waals surface area contributed by atoms with Gasteiger partial charge in [-0.05, 0) is 0 Å². The van der Waals surface area contributed by atoms with Gasteiger partial charge in [0, 0.05) is 13.0 Å². The van der Waals surface area contributed by atoms with Gasteiger partial charge in [-0.15, -0.1) is 0 Å². The molecule has 0 aromatic rings. The van der Waals surface area contributed by atoms with E-state index in [2.05, 4.69) is 5.73 Å². The van der Waals surface area contributed by atoms with E-state index in [4.69, 9.17) is 5.73 Å². The van der Waals surface area contributed by atoms with Gasteiger partial charge in [-0.1, -0.05) is 7.43 Å². The summed E-state index contributed by atoms with van der Waals surface area (Å²) in [5.41, 5.74) is 9.61. The molecule has 0 spiro atoms. The summed E-state index contributed by atoms with van der Waals surface area (Å²) in [7, 11) is 0. The first-order valence-electron chi connectivity index (χ1n) is 1.75. The molecule has 3 nitrogen and oxygen atoms in total. The van der Waals surface area contributed by atoms with Crippen LogP contribution in [0, 0.1) is 0 Å². The van der Waals surface area contributed by atoms with Crippen LogP contribution in [-0.2, 0) is 4.79 Å². The summed E-state index contributed by atoms with van der Waals surface area (Å²) in [5.74, 6) is -0.336. The van der Waals surface area contributed by atoms with E-state index in [1.165, 1.54) is 0 Å². The van der Waals surface area contributed by atoms with Gasteiger partial charge in [-0.25, -0.2) is 0 Å². The predicted octanol–water partition coefficient (Wildman–Crippen LogP) is -0.543. The first-order valence-corrected chi connectivity index (χ1v) is 1.75. The molecule has 0 saturated heterocycles. The Bertz CT molecular complexity index is 53.7. The first-order chi connectivity index (χ1) is 2.77. The molecule has 0 heterocycles. The highest BCUT2D eigenvalue weighted by Crippen LogP contribution is 1.63. The minimum absolute atomic E-state index is 0. The van der Waals surface area contributed by atoms with Crippen molar-refractivity contribution in [2.45, 2.75) is 13.8 Å². The Kier molecular flexibility index (Phi) is 7.49. The molecule has 0 atom stereocenters.